The molecule has 2 saturated heterocycles. The highest BCUT2D eigenvalue weighted by molar-refractivity contribution is 7.79. The zero-order valence-electron chi connectivity index (χ0n) is 38.8. The molecule has 6 atom stereocenters. The number of aromatic nitrogens is 2. The van der Waals surface area contributed by atoms with Crippen molar-refractivity contribution in [2.24, 2.45) is 17.3 Å². The predicted molar refractivity (Wildman–Crippen MR) is 247 cm³/mol. The first-order valence-electron chi connectivity index (χ1n) is 22.1. The number of nitrogens with zero attached hydrogens (tertiary/aromatic N) is 5. The minimum Gasteiger partial charge on any atom is -0.464 e. The number of hydrogen-bond donors (Lipinski definition) is 4. The molecule has 18 heteroatoms. The number of esters is 1. The number of methoxy groups -OCH3 is 2. The van der Waals surface area contributed by atoms with Gasteiger partial charge in [-0.05, 0) is 87.4 Å². The summed E-state index contributed by atoms with van der Waals surface area (Å²) in [6, 6.07) is 8.49. The second-order valence-corrected chi connectivity index (χ2v) is 18.8. The lowest BCUT2D eigenvalue weighted by Crippen LogP contribution is -2.58. The molecule has 2 aliphatic rings. The number of likely N-dealkylation sites (tertiary alicyclic amines) is 1. The molecule has 0 bridgehead atoms. The van der Waals surface area contributed by atoms with Crippen molar-refractivity contribution >= 4 is 51.4 Å². The Bertz CT molecular complexity index is 2160. The van der Waals surface area contributed by atoms with Crippen LogP contribution in [0.2, 0.25) is 0 Å². The predicted octanol–water partition coefficient (Wildman–Crippen LogP) is 4.39. The maximum absolute atomic E-state index is 14.3. The van der Waals surface area contributed by atoms with Gasteiger partial charge < -0.3 is 43.3 Å². The fourth-order valence-electron chi connectivity index (χ4n) is 8.87. The number of likely N-dealkylation sites (N-methyl/N-ethyl adjacent to an activating group) is 1. The van der Waals surface area contributed by atoms with E-state index in [-0.39, 0.29) is 55.3 Å². The summed E-state index contributed by atoms with van der Waals surface area (Å²) < 4.78 is 42.2. The van der Waals surface area contributed by atoms with Gasteiger partial charge in [0.05, 0.1) is 35.8 Å². The Labute approximate surface area is 379 Å². The van der Waals surface area contributed by atoms with Gasteiger partial charge in [0.15, 0.2) is 11.1 Å². The number of hydrogen-bond acceptors (Lipinski definition) is 12. The van der Waals surface area contributed by atoms with E-state index in [0.717, 1.165) is 46.4 Å². The van der Waals surface area contributed by atoms with Crippen molar-refractivity contribution in [3.8, 4) is 11.3 Å². The molecule has 4 heterocycles. The fourth-order valence-corrected chi connectivity index (χ4v) is 9.22. The Morgan fingerprint density at radius 1 is 1.14 bits per heavy atom. The number of aryl methyl sites for hydroxylation is 1. The molecule has 0 saturated carbocycles. The molecule has 17 nitrogen and oxygen atoms in total. The number of rotatable bonds is 21. The zero-order chi connectivity index (χ0) is 46.9. The molecule has 0 radical (unpaired) electrons. The van der Waals surface area contributed by atoms with Crippen LogP contribution < -0.4 is 21.1 Å². The molecule has 2 aliphatic heterocycles. The summed E-state index contributed by atoms with van der Waals surface area (Å²) in [6.45, 7) is 17.6. The highest BCUT2D eigenvalue weighted by atomic mass is 32.2. The molecule has 3 aromatic rings. The lowest BCUT2D eigenvalue weighted by molar-refractivity contribution is -0.150. The van der Waals surface area contributed by atoms with Crippen LogP contribution in [0.25, 0.3) is 22.2 Å². The number of carbonyl (C=O) groups is 4. The maximum atomic E-state index is 14.3. The number of benzene rings is 1. The van der Waals surface area contributed by atoms with Gasteiger partial charge in [0, 0.05) is 87.8 Å². The topological polar surface area (TPSA) is 197 Å². The van der Waals surface area contributed by atoms with Gasteiger partial charge in [-0.1, -0.05) is 34.3 Å². The van der Waals surface area contributed by atoms with Crippen LogP contribution >= 0.6 is 0 Å². The first kappa shape index (κ1) is 50.3. The van der Waals surface area contributed by atoms with E-state index >= 15 is 0 Å². The van der Waals surface area contributed by atoms with E-state index in [4.69, 9.17) is 19.2 Å². The molecule has 2 fully saturated rings. The SMILES string of the molecule is C=CC(=O)N1CC[C@H](C(=O)N(C)[C@H](C(=O)NC(OC)N(CCS(=O)O)c2ccc3c(c2)c(CC(C)(C)COC(=O)[C@@H]2CCCNN2)c(-c2cccnc2[C@H](C)OC)n3CC)C(C)C)C1. The minimum atomic E-state index is -2.19. The van der Waals surface area contributed by atoms with Crippen molar-refractivity contribution in [1.82, 2.24) is 35.5 Å². The molecule has 352 valence electrons. The highest BCUT2D eigenvalue weighted by Gasteiger charge is 2.39. The Morgan fingerprint density at radius 3 is 2.52 bits per heavy atom. The van der Waals surface area contributed by atoms with Crippen molar-refractivity contribution in [3.63, 3.8) is 0 Å². The quantitative estimate of drug-likeness (QED) is 0.0509. The molecular formula is C46H68N8O9S. The third kappa shape index (κ3) is 11.7. The van der Waals surface area contributed by atoms with Gasteiger partial charge >= 0.3 is 5.97 Å². The third-order valence-electron chi connectivity index (χ3n) is 12.2. The van der Waals surface area contributed by atoms with Crippen LogP contribution in [0.3, 0.4) is 0 Å². The molecule has 1 aromatic carbocycles. The van der Waals surface area contributed by atoms with Gasteiger partial charge in [0.1, 0.15) is 12.1 Å². The first-order valence-corrected chi connectivity index (χ1v) is 23.4. The number of nitrogens with one attached hydrogen (secondary N) is 3. The van der Waals surface area contributed by atoms with Gasteiger partial charge in [-0.3, -0.25) is 29.6 Å². The van der Waals surface area contributed by atoms with Crippen LogP contribution in [0.4, 0.5) is 5.69 Å². The molecule has 2 aromatic heterocycles. The summed E-state index contributed by atoms with van der Waals surface area (Å²) >= 11 is -2.19. The number of ether oxygens (including phenoxy) is 3. The lowest BCUT2D eigenvalue weighted by Gasteiger charge is -2.36. The number of hydrazine groups is 1. The maximum Gasteiger partial charge on any atom is 0.324 e. The molecular weight excluding hydrogens is 841 g/mol. The van der Waals surface area contributed by atoms with E-state index < -0.39 is 46.8 Å². The van der Waals surface area contributed by atoms with Crippen molar-refractivity contribution in [2.75, 3.05) is 64.7 Å². The summed E-state index contributed by atoms with van der Waals surface area (Å²) in [7, 11) is 4.68. The van der Waals surface area contributed by atoms with E-state index in [1.54, 1.807) is 30.2 Å². The summed E-state index contributed by atoms with van der Waals surface area (Å²) in [5.74, 6) is -2.21. The number of carbonyl (C=O) groups excluding carboxylic acids is 4. The summed E-state index contributed by atoms with van der Waals surface area (Å²) in [6.07, 6.45) is 4.03. The van der Waals surface area contributed by atoms with E-state index in [0.29, 0.717) is 38.0 Å². The van der Waals surface area contributed by atoms with Gasteiger partial charge in [-0.25, -0.2) is 9.63 Å². The number of amides is 3. The van der Waals surface area contributed by atoms with Crippen LogP contribution in [0.15, 0.2) is 49.2 Å². The van der Waals surface area contributed by atoms with E-state index in [1.165, 1.54) is 18.1 Å². The zero-order valence-corrected chi connectivity index (χ0v) is 39.7. The van der Waals surface area contributed by atoms with E-state index in [2.05, 4.69) is 48.1 Å². The largest absolute Gasteiger partial charge is 0.464 e. The van der Waals surface area contributed by atoms with Crippen LogP contribution in [0, 0.1) is 17.3 Å². The molecule has 4 N–H and O–H groups in total. The minimum absolute atomic E-state index is 0.0179. The van der Waals surface area contributed by atoms with E-state index in [9.17, 15) is 27.9 Å². The average molecular weight is 909 g/mol. The normalized spacial score (nSPS) is 18.6. The van der Waals surface area contributed by atoms with Gasteiger partial charge in [-0.15, -0.1) is 0 Å². The summed E-state index contributed by atoms with van der Waals surface area (Å²) in [4.78, 5) is 63.1. The van der Waals surface area contributed by atoms with Crippen LogP contribution in [0.5, 0.6) is 0 Å². The molecule has 3 amide bonds. The Hall–Kier alpha value is -4.72. The number of fused-ring (bicyclic) bond motifs is 1. The third-order valence-corrected chi connectivity index (χ3v) is 12.7. The molecule has 0 spiro atoms. The van der Waals surface area contributed by atoms with Gasteiger partial charge in [-0.2, -0.15) is 0 Å². The second-order valence-electron chi connectivity index (χ2n) is 17.7. The number of anilines is 1. The Kier molecular flexibility index (Phi) is 17.6. The smallest absolute Gasteiger partial charge is 0.324 e. The standard InChI is InChI=1S/C46H68N8O9S/c1-11-38(55)52-22-19-31(27-52)43(57)51(8)40(29(3)4)42(56)49-45(62-10)54(23-24-64(59)60)32-17-18-37-34(25-32)35(26-46(6,7)28-63-44(58)36-16-14-21-48-50-36)41(53(37)12-2)33-15-13-20-47-39(33)30(5)61-9/h11,13,15,17-18,20,25,29-31,36,40,45,48,50H,1,12,14,16,19,21-24,26-28H2,2-10H3,(H,49,56)(H,59,60)/t30-,31-,36-,40-,45?/m0/s1. The van der Waals surface area contributed by atoms with Crippen molar-refractivity contribution in [1.29, 1.82) is 0 Å². The van der Waals surface area contributed by atoms with Crippen molar-refractivity contribution in [3.05, 3.63) is 60.4 Å². The highest BCUT2D eigenvalue weighted by Crippen LogP contribution is 2.42. The average Bonchev–Trinajstić information content (AvgIpc) is 3.90. The molecule has 64 heavy (non-hydrogen) atoms. The van der Waals surface area contributed by atoms with Crippen LogP contribution in [-0.4, -0.2) is 130 Å². The monoisotopic (exact) mass is 908 g/mol. The van der Waals surface area contributed by atoms with E-state index in [1.807, 2.05) is 51.1 Å². The van der Waals surface area contributed by atoms with Crippen molar-refractivity contribution < 1.29 is 42.2 Å². The Balaban J connectivity index is 1.56. The van der Waals surface area contributed by atoms with Crippen molar-refractivity contribution in [2.45, 2.75) is 98.3 Å². The van der Waals surface area contributed by atoms with Gasteiger partial charge in [0.25, 0.3) is 0 Å². The number of pyridine rings is 1. The Morgan fingerprint density at radius 2 is 1.89 bits per heavy atom. The molecule has 5 rings (SSSR count). The summed E-state index contributed by atoms with van der Waals surface area (Å²) in [5, 5.41) is 3.88. The lowest BCUT2D eigenvalue weighted by atomic mass is 9.84. The molecule has 0 aliphatic carbocycles. The molecule has 2 unspecified atom stereocenters. The summed E-state index contributed by atoms with van der Waals surface area (Å²) in [5.41, 5.74) is 10.6. The van der Waals surface area contributed by atoms with Crippen LogP contribution in [-0.2, 0) is 57.4 Å². The first-order chi connectivity index (χ1) is 30.5. The fraction of sp³-hybridized carbons (Fsp3) is 0.587. The van der Waals surface area contributed by atoms with Gasteiger partial charge in [0.2, 0.25) is 24.1 Å². The van der Waals surface area contributed by atoms with Crippen LogP contribution in [0.1, 0.15) is 78.2 Å². The second kappa shape index (κ2) is 22.5.